The van der Waals surface area contributed by atoms with E-state index in [1.807, 2.05) is 43.3 Å². The summed E-state index contributed by atoms with van der Waals surface area (Å²) in [6.07, 6.45) is 5.85. The van der Waals surface area contributed by atoms with Crippen LogP contribution in [0.4, 0.5) is 15.8 Å². The molecule has 4 N–H and O–H groups in total. The maximum absolute atomic E-state index is 13.9. The summed E-state index contributed by atoms with van der Waals surface area (Å²) in [6, 6.07) is 19.2. The van der Waals surface area contributed by atoms with Gasteiger partial charge in [0, 0.05) is 35.2 Å². The van der Waals surface area contributed by atoms with Gasteiger partial charge in [0.25, 0.3) is 0 Å². The quantitative estimate of drug-likeness (QED) is 0.155. The van der Waals surface area contributed by atoms with Crippen LogP contribution in [0.15, 0.2) is 78.9 Å². The van der Waals surface area contributed by atoms with Gasteiger partial charge in [0.15, 0.2) is 0 Å². The molecule has 4 aromatic rings. The Bertz CT molecular complexity index is 1670. The molecule has 0 radical (unpaired) electrons. The van der Waals surface area contributed by atoms with Crippen molar-refractivity contribution in [2.45, 2.75) is 51.1 Å². The van der Waals surface area contributed by atoms with Crippen LogP contribution in [0.3, 0.4) is 0 Å². The van der Waals surface area contributed by atoms with Crippen molar-refractivity contribution >= 4 is 41.7 Å². The second-order valence-corrected chi connectivity index (χ2v) is 11.9. The van der Waals surface area contributed by atoms with Gasteiger partial charge in [0.2, 0.25) is 5.95 Å². The van der Waals surface area contributed by atoms with E-state index in [9.17, 15) is 9.65 Å². The molecule has 2 aromatic carbocycles. The molecule has 0 amide bonds. The summed E-state index contributed by atoms with van der Waals surface area (Å²) in [5.74, 6) is -0.563. The van der Waals surface area contributed by atoms with Crippen LogP contribution in [-0.4, -0.2) is 28.4 Å². The van der Waals surface area contributed by atoms with Crippen molar-refractivity contribution in [3.63, 3.8) is 0 Å². The maximum Gasteiger partial charge on any atom is 0.212 e. The van der Waals surface area contributed by atoms with Gasteiger partial charge in [-0.25, -0.2) is 4.98 Å². The molecule has 42 heavy (non-hydrogen) atoms. The van der Waals surface area contributed by atoms with E-state index >= 15 is 0 Å². The molecule has 5 rings (SSSR count). The third-order valence-corrected chi connectivity index (χ3v) is 7.79. The Balaban J connectivity index is 1.62. The highest BCUT2D eigenvalue weighted by Crippen LogP contribution is 2.38. The number of nitrogens with zero attached hydrogens (tertiary/aromatic N) is 4. The lowest BCUT2D eigenvalue weighted by atomic mass is 9.70. The fourth-order valence-corrected chi connectivity index (χ4v) is 5.31. The Morgan fingerprint density at radius 3 is 2.50 bits per heavy atom. The van der Waals surface area contributed by atoms with Gasteiger partial charge >= 0.3 is 0 Å². The number of nitriles is 1. The molecular weight excluding hydrogens is 550 g/mol. The average Bonchev–Trinajstić information content (AvgIpc) is 3.49. The van der Waals surface area contributed by atoms with Crippen molar-refractivity contribution in [3.05, 3.63) is 107 Å². The van der Waals surface area contributed by atoms with E-state index in [-0.39, 0.29) is 11.6 Å². The van der Waals surface area contributed by atoms with Gasteiger partial charge in [-0.3, -0.25) is 9.99 Å². The molecular formula is C31H33BClFN8. The lowest BCUT2D eigenvalue weighted by Crippen LogP contribution is -2.49. The monoisotopic (exact) mass is 582 g/mol. The largest absolute Gasteiger partial charge is 0.378 e. The van der Waals surface area contributed by atoms with E-state index in [1.54, 1.807) is 18.3 Å². The number of hydrazine groups is 2. The molecule has 2 atom stereocenters. The molecule has 11 heteroatoms. The summed E-state index contributed by atoms with van der Waals surface area (Å²) in [5.41, 5.74) is 10.4. The first-order valence-electron chi connectivity index (χ1n) is 13.8. The number of fused-ring (bicyclic) bond motifs is 1. The molecule has 1 aliphatic rings. The van der Waals surface area contributed by atoms with E-state index in [4.69, 9.17) is 11.6 Å². The van der Waals surface area contributed by atoms with E-state index in [2.05, 4.69) is 77.5 Å². The van der Waals surface area contributed by atoms with Crippen molar-refractivity contribution in [1.29, 1.82) is 5.26 Å². The van der Waals surface area contributed by atoms with E-state index in [1.165, 1.54) is 12.3 Å². The average molecular weight is 583 g/mol. The van der Waals surface area contributed by atoms with E-state index in [0.29, 0.717) is 32.9 Å². The van der Waals surface area contributed by atoms with Gasteiger partial charge in [-0.1, -0.05) is 54.9 Å². The SMILES string of the molecule is BC(Nc1cc(Cl)c2ncc(C#N)c(N[C@H](CC)c3ccccc3)c2c1)(C1=CN(C(C)(C)C)NN1)c1ccc(F)nc1. The molecule has 3 heterocycles. The summed E-state index contributed by atoms with van der Waals surface area (Å²) in [6.45, 7) is 8.35. The molecule has 2 aromatic heterocycles. The molecule has 1 aliphatic heterocycles. The molecule has 214 valence electrons. The number of halogens is 2. The minimum absolute atomic E-state index is 0.0304. The molecule has 0 saturated carbocycles. The summed E-state index contributed by atoms with van der Waals surface area (Å²) in [4.78, 5) is 8.45. The smallest absolute Gasteiger partial charge is 0.212 e. The second-order valence-electron chi connectivity index (χ2n) is 11.5. The summed E-state index contributed by atoms with van der Waals surface area (Å²) >= 11 is 6.83. The van der Waals surface area contributed by atoms with Crippen molar-refractivity contribution in [3.8, 4) is 6.07 Å². The van der Waals surface area contributed by atoms with Crippen molar-refractivity contribution in [2.24, 2.45) is 0 Å². The molecule has 1 unspecified atom stereocenters. The predicted octanol–water partition coefficient (Wildman–Crippen LogP) is 5.72. The van der Waals surface area contributed by atoms with Gasteiger partial charge in [-0.2, -0.15) is 9.65 Å². The number of anilines is 2. The highest BCUT2D eigenvalue weighted by Gasteiger charge is 2.37. The predicted molar refractivity (Wildman–Crippen MR) is 169 cm³/mol. The number of nitrogens with one attached hydrogen (secondary N) is 4. The number of hydrogen-bond donors (Lipinski definition) is 4. The standard InChI is InChI=1S/C31H33BClFN8/c1-5-25(19-9-7-6-8-10-19)38-28-20(15-35)16-37-29-23(28)13-22(14-24(29)33)39-31(32,21-11-12-27(34)36-17-21)26-18-42(41-40-26)30(2,3)4/h6-14,16-18,25,39-41H,5,32H2,1-4H3,(H,37,38)/t25-,31?/m1/s1. The number of aromatic nitrogens is 2. The fourth-order valence-electron chi connectivity index (χ4n) is 5.04. The third-order valence-electron chi connectivity index (χ3n) is 7.50. The molecule has 0 saturated heterocycles. The van der Waals surface area contributed by atoms with Crippen LogP contribution >= 0.6 is 11.6 Å². The van der Waals surface area contributed by atoms with E-state index in [0.717, 1.165) is 23.2 Å². The zero-order valence-corrected chi connectivity index (χ0v) is 25.0. The van der Waals surface area contributed by atoms with Gasteiger partial charge < -0.3 is 16.1 Å². The van der Waals surface area contributed by atoms with Crippen LogP contribution in [-0.2, 0) is 5.44 Å². The van der Waals surface area contributed by atoms with Crippen LogP contribution in [0.5, 0.6) is 0 Å². The van der Waals surface area contributed by atoms with Gasteiger partial charge in [-0.15, -0.1) is 5.53 Å². The van der Waals surface area contributed by atoms with Crippen LogP contribution in [0.25, 0.3) is 10.9 Å². The van der Waals surface area contributed by atoms with Crippen molar-refractivity contribution in [2.75, 3.05) is 10.6 Å². The minimum atomic E-state index is -0.880. The molecule has 0 aliphatic carbocycles. The van der Waals surface area contributed by atoms with Crippen molar-refractivity contribution < 1.29 is 4.39 Å². The lowest BCUT2D eigenvalue weighted by Gasteiger charge is -2.33. The fraction of sp³-hybridized carbons (Fsp3) is 0.258. The summed E-state index contributed by atoms with van der Waals surface area (Å²) in [7, 11) is 1.98. The first-order chi connectivity index (χ1) is 20.0. The Kier molecular flexibility index (Phi) is 8.00. The van der Waals surface area contributed by atoms with Crippen LogP contribution in [0, 0.1) is 17.3 Å². The highest BCUT2D eigenvalue weighted by atomic mass is 35.5. The molecule has 8 nitrogen and oxygen atoms in total. The zero-order chi connectivity index (χ0) is 30.1. The first kappa shape index (κ1) is 29.2. The molecule has 0 spiro atoms. The van der Waals surface area contributed by atoms with Gasteiger partial charge in [-0.05, 0) is 56.5 Å². The van der Waals surface area contributed by atoms with Crippen LogP contribution < -0.4 is 21.6 Å². The second kappa shape index (κ2) is 11.5. The van der Waals surface area contributed by atoms with Gasteiger partial charge in [0.1, 0.15) is 13.9 Å². The van der Waals surface area contributed by atoms with Crippen LogP contribution in [0.2, 0.25) is 5.02 Å². The van der Waals surface area contributed by atoms with Crippen LogP contribution in [0.1, 0.15) is 56.8 Å². The van der Waals surface area contributed by atoms with Gasteiger partial charge in [0.05, 0.1) is 39.0 Å². The number of hydrogen-bond acceptors (Lipinski definition) is 8. The Hall–Kier alpha value is -4.33. The normalized spacial score (nSPS) is 15.4. The maximum atomic E-state index is 13.9. The van der Waals surface area contributed by atoms with Crippen molar-refractivity contribution in [1.82, 2.24) is 25.9 Å². The number of benzene rings is 2. The minimum Gasteiger partial charge on any atom is -0.378 e. The third kappa shape index (κ3) is 5.71. The summed E-state index contributed by atoms with van der Waals surface area (Å²) in [5, 5.41) is 20.3. The lowest BCUT2D eigenvalue weighted by molar-refractivity contribution is 0.138. The summed E-state index contributed by atoms with van der Waals surface area (Å²) < 4.78 is 13.9. The topological polar surface area (TPSA) is 101 Å². The Labute approximate surface area is 251 Å². The van der Waals surface area contributed by atoms with E-state index < -0.39 is 11.4 Å². The Morgan fingerprint density at radius 2 is 1.88 bits per heavy atom. The number of rotatable bonds is 8. The highest BCUT2D eigenvalue weighted by molar-refractivity contribution is 6.36. The number of pyridine rings is 2. The molecule has 0 fully saturated rings. The zero-order valence-electron chi connectivity index (χ0n) is 24.3. The first-order valence-corrected chi connectivity index (χ1v) is 14.2. The molecule has 0 bridgehead atoms. The Morgan fingerprint density at radius 1 is 1.12 bits per heavy atom.